The molecule has 3 heterocycles. The number of carbonyl (C=O) groups is 2. The summed E-state index contributed by atoms with van der Waals surface area (Å²) in [6.07, 6.45) is 5.98. The minimum Gasteiger partial charge on any atom is -0.495 e. The quantitative estimate of drug-likeness (QED) is 0.152. The number of benzene rings is 5. The van der Waals surface area contributed by atoms with E-state index in [1.54, 1.807) is 7.11 Å². The molecule has 0 aromatic heterocycles. The zero-order valence-corrected chi connectivity index (χ0v) is 32.7. The van der Waals surface area contributed by atoms with E-state index in [9.17, 15) is 19.8 Å². The number of nitrogens with zero attached hydrogens (tertiary/aromatic N) is 2. The maximum absolute atomic E-state index is 12.9. The number of morpholine rings is 1. The van der Waals surface area contributed by atoms with Gasteiger partial charge in [-0.2, -0.15) is 0 Å². The molecule has 9 heteroatoms. The molecular formula is C48H48N2O7. The first-order valence-electron chi connectivity index (χ1n) is 20.0. The summed E-state index contributed by atoms with van der Waals surface area (Å²) in [7, 11) is 1.63. The molecule has 9 nitrogen and oxygen atoms in total. The normalized spacial score (nSPS) is 22.0. The molecule has 0 saturated carbocycles. The third-order valence-corrected chi connectivity index (χ3v) is 12.8. The van der Waals surface area contributed by atoms with Crippen LogP contribution in [0.1, 0.15) is 67.3 Å². The van der Waals surface area contributed by atoms with Crippen molar-refractivity contribution in [1.82, 2.24) is 0 Å². The molecular weight excluding hydrogens is 717 g/mol. The Labute approximate surface area is 333 Å². The minimum atomic E-state index is -0.952. The van der Waals surface area contributed by atoms with Crippen molar-refractivity contribution < 1.29 is 34.0 Å². The Balaban J connectivity index is 1.24. The van der Waals surface area contributed by atoms with Crippen molar-refractivity contribution in [2.24, 2.45) is 5.92 Å². The van der Waals surface area contributed by atoms with Crippen LogP contribution in [0.4, 0.5) is 11.4 Å². The van der Waals surface area contributed by atoms with Crippen LogP contribution in [0, 0.1) is 5.92 Å². The van der Waals surface area contributed by atoms with Crippen molar-refractivity contribution in [2.45, 2.75) is 56.6 Å². The molecule has 0 radical (unpaired) electrons. The lowest BCUT2D eigenvalue weighted by molar-refractivity contribution is -0.139. The second-order valence-electron chi connectivity index (χ2n) is 16.3. The van der Waals surface area contributed by atoms with Crippen LogP contribution < -0.4 is 19.3 Å². The first-order valence-corrected chi connectivity index (χ1v) is 20.0. The zero-order valence-electron chi connectivity index (χ0n) is 32.7. The summed E-state index contributed by atoms with van der Waals surface area (Å²) in [6.45, 7) is 8.13. The molecule has 2 saturated heterocycles. The van der Waals surface area contributed by atoms with Gasteiger partial charge in [0.05, 0.1) is 26.0 Å². The fraction of sp³-hybridized carbons (Fsp3) is 0.333. The van der Waals surface area contributed by atoms with Crippen LogP contribution in [-0.2, 0) is 25.3 Å². The number of anilines is 2. The van der Waals surface area contributed by atoms with Gasteiger partial charge in [0.25, 0.3) is 0 Å². The first kappa shape index (κ1) is 36.8. The lowest BCUT2D eigenvalue weighted by atomic mass is 9.76. The third-order valence-electron chi connectivity index (χ3n) is 12.8. The number of methoxy groups -OCH3 is 1. The van der Waals surface area contributed by atoms with Gasteiger partial charge < -0.3 is 34.2 Å². The lowest BCUT2D eigenvalue weighted by Gasteiger charge is -2.40. The van der Waals surface area contributed by atoms with E-state index in [1.807, 2.05) is 29.2 Å². The predicted octanol–water partition coefficient (Wildman–Crippen LogP) is 8.88. The number of fused-ring (bicyclic) bond motifs is 8. The molecule has 3 aliphatic heterocycles. The SMILES string of the molecule is COc1cc2c3c(c4c(c2cc1N1CCC(CCC(=O)O)CC1C(=O)O)-c1ccccc1C4(C)C)C=CC(c1ccccc1)(c1ccc(N2CCOCC2)cc1)O3. The molecule has 1 aliphatic carbocycles. The van der Waals surface area contributed by atoms with E-state index >= 15 is 0 Å². The van der Waals surface area contributed by atoms with Gasteiger partial charge in [-0.3, -0.25) is 4.79 Å². The molecule has 0 spiro atoms. The van der Waals surface area contributed by atoms with Gasteiger partial charge in [0.15, 0.2) is 5.60 Å². The van der Waals surface area contributed by atoms with Crippen molar-refractivity contribution in [1.29, 1.82) is 0 Å². The van der Waals surface area contributed by atoms with Crippen LogP contribution in [0.2, 0.25) is 0 Å². The van der Waals surface area contributed by atoms with Gasteiger partial charge in [-0.15, -0.1) is 0 Å². The smallest absolute Gasteiger partial charge is 0.326 e. The van der Waals surface area contributed by atoms with E-state index in [2.05, 4.69) is 97.6 Å². The predicted molar refractivity (Wildman–Crippen MR) is 223 cm³/mol. The zero-order chi connectivity index (χ0) is 39.5. The molecule has 2 fully saturated rings. The Hall–Kier alpha value is -5.80. The topological polar surface area (TPSA) is 109 Å². The maximum atomic E-state index is 12.9. The monoisotopic (exact) mass is 764 g/mol. The average Bonchev–Trinajstić information content (AvgIpc) is 3.49. The van der Waals surface area contributed by atoms with Gasteiger partial charge >= 0.3 is 11.9 Å². The number of hydrogen-bond acceptors (Lipinski definition) is 7. The van der Waals surface area contributed by atoms with E-state index in [-0.39, 0.29) is 17.8 Å². The minimum absolute atomic E-state index is 0.00285. The Morgan fingerprint density at radius 2 is 1.60 bits per heavy atom. The number of carboxylic acid groups (broad SMARTS) is 2. The highest BCUT2D eigenvalue weighted by Crippen LogP contribution is 2.59. The Kier molecular flexibility index (Phi) is 9.23. The third kappa shape index (κ3) is 6.11. The molecule has 57 heavy (non-hydrogen) atoms. The summed E-state index contributed by atoms with van der Waals surface area (Å²) in [5, 5.41) is 21.8. The largest absolute Gasteiger partial charge is 0.495 e. The number of carboxylic acids is 2. The van der Waals surface area contributed by atoms with Gasteiger partial charge in [0.2, 0.25) is 0 Å². The Morgan fingerprint density at radius 3 is 2.32 bits per heavy atom. The first-order chi connectivity index (χ1) is 27.6. The van der Waals surface area contributed by atoms with Crippen LogP contribution in [-0.4, -0.2) is 68.2 Å². The van der Waals surface area contributed by atoms with Gasteiger partial charge in [0, 0.05) is 59.2 Å². The summed E-state index contributed by atoms with van der Waals surface area (Å²) < 4.78 is 19.4. The Morgan fingerprint density at radius 1 is 0.877 bits per heavy atom. The highest BCUT2D eigenvalue weighted by Gasteiger charge is 2.45. The lowest BCUT2D eigenvalue weighted by Crippen LogP contribution is -2.47. The van der Waals surface area contributed by atoms with Crippen LogP contribution >= 0.6 is 0 Å². The van der Waals surface area contributed by atoms with Crippen LogP contribution in [0.3, 0.4) is 0 Å². The molecule has 3 unspecified atom stereocenters. The number of hydrogen-bond donors (Lipinski definition) is 2. The second-order valence-corrected chi connectivity index (χ2v) is 16.3. The molecule has 4 aliphatic rings. The van der Waals surface area contributed by atoms with Gasteiger partial charge in [-0.25, -0.2) is 4.79 Å². The molecule has 2 N–H and O–H groups in total. The van der Waals surface area contributed by atoms with Crippen molar-refractivity contribution in [3.05, 3.63) is 125 Å². The molecule has 5 aromatic rings. The fourth-order valence-corrected chi connectivity index (χ4v) is 9.91. The van der Waals surface area contributed by atoms with Crippen molar-refractivity contribution >= 4 is 40.2 Å². The van der Waals surface area contributed by atoms with Gasteiger partial charge in [0.1, 0.15) is 17.5 Å². The highest BCUT2D eigenvalue weighted by molar-refractivity contribution is 6.10. The van der Waals surface area contributed by atoms with Crippen LogP contribution in [0.15, 0.2) is 97.1 Å². The van der Waals surface area contributed by atoms with Crippen LogP contribution in [0.25, 0.3) is 28.0 Å². The van der Waals surface area contributed by atoms with Crippen LogP contribution in [0.5, 0.6) is 11.5 Å². The van der Waals surface area contributed by atoms with E-state index in [0.29, 0.717) is 50.5 Å². The standard InChI is InChI=1S/C48H48N2O7/c1-47(2)38-12-8-7-11-34(38)43-36-28-39(50-22-20-30(13-18-42(51)52)27-40(50)46(53)54)41(55-3)29-37(36)45-35(44(43)47)19-21-48(57-45,31-9-5-4-6-10-31)32-14-16-33(17-15-32)49-23-25-56-26-24-49/h4-12,14-17,19,21,28-30,40H,13,18,20,22-27H2,1-3H3,(H,51,52)(H,53,54). The maximum Gasteiger partial charge on any atom is 0.326 e. The molecule has 3 atom stereocenters. The molecule has 0 amide bonds. The number of ether oxygens (including phenoxy) is 3. The molecule has 0 bridgehead atoms. The number of piperidine rings is 1. The van der Waals surface area contributed by atoms with E-state index in [0.717, 1.165) is 63.1 Å². The van der Waals surface area contributed by atoms with Crippen molar-refractivity contribution in [2.75, 3.05) is 49.8 Å². The summed E-state index contributed by atoms with van der Waals surface area (Å²) in [4.78, 5) is 28.6. The van der Waals surface area contributed by atoms with E-state index in [1.165, 1.54) is 11.1 Å². The number of rotatable bonds is 9. The van der Waals surface area contributed by atoms with E-state index in [4.69, 9.17) is 14.2 Å². The highest BCUT2D eigenvalue weighted by atomic mass is 16.5. The van der Waals surface area contributed by atoms with Crippen molar-refractivity contribution in [3.8, 4) is 22.6 Å². The van der Waals surface area contributed by atoms with E-state index < -0.39 is 23.6 Å². The molecule has 292 valence electrons. The average molecular weight is 765 g/mol. The Bertz CT molecular complexity index is 2400. The fourth-order valence-electron chi connectivity index (χ4n) is 9.91. The summed E-state index contributed by atoms with van der Waals surface area (Å²) in [5.74, 6) is -0.480. The van der Waals surface area contributed by atoms with Crippen molar-refractivity contribution in [3.63, 3.8) is 0 Å². The summed E-state index contributed by atoms with van der Waals surface area (Å²) in [5.41, 5.74) is 8.22. The number of aliphatic carboxylic acids is 2. The molecule has 9 rings (SSSR count). The summed E-state index contributed by atoms with van der Waals surface area (Å²) in [6, 6.07) is 30.9. The van der Waals surface area contributed by atoms with Gasteiger partial charge in [-0.05, 0) is 83.2 Å². The second kappa shape index (κ2) is 14.3. The van der Waals surface area contributed by atoms with Gasteiger partial charge in [-0.1, -0.05) is 86.7 Å². The molecule has 5 aromatic carbocycles. The summed E-state index contributed by atoms with van der Waals surface area (Å²) >= 11 is 0.